The van der Waals surface area contributed by atoms with Crippen LogP contribution >= 0.6 is 0 Å². The number of rotatable bonds is 4. The van der Waals surface area contributed by atoms with E-state index in [1.807, 2.05) is 24.3 Å². The Hall–Kier alpha value is -3.68. The SMILES string of the molecule is O=C(Nc1nc(C(=O)N2CCN(c3ccccn3)CC2)co1)c1ccccc1. The van der Waals surface area contributed by atoms with E-state index in [0.717, 1.165) is 5.82 Å². The summed E-state index contributed by atoms with van der Waals surface area (Å²) in [4.78, 5) is 37.1. The average molecular weight is 377 g/mol. The molecule has 0 unspecified atom stereocenters. The van der Waals surface area contributed by atoms with Gasteiger partial charge < -0.3 is 14.2 Å². The summed E-state index contributed by atoms with van der Waals surface area (Å²) in [5.74, 6) is 0.344. The van der Waals surface area contributed by atoms with Gasteiger partial charge in [-0.1, -0.05) is 24.3 Å². The van der Waals surface area contributed by atoms with Crippen molar-refractivity contribution < 1.29 is 14.0 Å². The number of carbonyl (C=O) groups is 2. The van der Waals surface area contributed by atoms with Crippen molar-refractivity contribution in [1.29, 1.82) is 0 Å². The Kier molecular flexibility index (Phi) is 5.01. The Morgan fingerprint density at radius 3 is 2.43 bits per heavy atom. The van der Waals surface area contributed by atoms with Gasteiger partial charge in [0.2, 0.25) is 0 Å². The molecule has 1 N–H and O–H groups in total. The van der Waals surface area contributed by atoms with Crippen molar-refractivity contribution in [2.24, 2.45) is 0 Å². The Morgan fingerprint density at radius 1 is 0.964 bits per heavy atom. The molecule has 0 bridgehead atoms. The third-order valence-corrected chi connectivity index (χ3v) is 4.52. The van der Waals surface area contributed by atoms with E-state index in [1.165, 1.54) is 6.26 Å². The normalized spacial score (nSPS) is 14.0. The predicted molar refractivity (Wildman–Crippen MR) is 103 cm³/mol. The summed E-state index contributed by atoms with van der Waals surface area (Å²) in [5.41, 5.74) is 0.661. The standard InChI is InChI=1S/C20H19N5O3/c26-18(15-6-2-1-3-7-15)23-20-22-16(14-28-20)19(27)25-12-10-24(11-13-25)17-8-4-5-9-21-17/h1-9,14H,10-13H2,(H,22,23,26). The zero-order chi connectivity index (χ0) is 19.3. The summed E-state index contributed by atoms with van der Waals surface area (Å²) in [7, 11) is 0. The molecule has 1 aliphatic rings. The van der Waals surface area contributed by atoms with Crippen molar-refractivity contribution in [3.8, 4) is 0 Å². The van der Waals surface area contributed by atoms with E-state index in [2.05, 4.69) is 20.2 Å². The van der Waals surface area contributed by atoms with Crippen molar-refractivity contribution in [2.45, 2.75) is 0 Å². The van der Waals surface area contributed by atoms with Gasteiger partial charge in [-0.25, -0.2) is 4.98 Å². The number of hydrogen-bond donors (Lipinski definition) is 1. The first kappa shape index (κ1) is 17.7. The number of carbonyl (C=O) groups excluding carboxylic acids is 2. The second kappa shape index (κ2) is 7.91. The molecule has 8 heteroatoms. The summed E-state index contributed by atoms with van der Waals surface area (Å²) in [6, 6.07) is 14.5. The van der Waals surface area contributed by atoms with Gasteiger partial charge in [0.1, 0.15) is 12.1 Å². The number of benzene rings is 1. The topological polar surface area (TPSA) is 91.6 Å². The number of amides is 2. The fourth-order valence-electron chi connectivity index (χ4n) is 3.03. The molecule has 4 rings (SSSR count). The minimum Gasteiger partial charge on any atom is -0.431 e. The number of oxazole rings is 1. The van der Waals surface area contributed by atoms with Crippen LogP contribution in [0.15, 0.2) is 65.4 Å². The Labute approximate surface area is 161 Å². The molecule has 0 radical (unpaired) electrons. The summed E-state index contributed by atoms with van der Waals surface area (Å²) < 4.78 is 5.25. The summed E-state index contributed by atoms with van der Waals surface area (Å²) in [6.45, 7) is 2.51. The maximum absolute atomic E-state index is 12.7. The highest BCUT2D eigenvalue weighted by atomic mass is 16.4. The molecule has 0 aliphatic carbocycles. The molecule has 1 aliphatic heterocycles. The molecule has 1 saturated heterocycles. The van der Waals surface area contributed by atoms with Crippen LogP contribution in [0, 0.1) is 0 Å². The number of nitrogens with zero attached hydrogens (tertiary/aromatic N) is 4. The molecule has 3 heterocycles. The van der Waals surface area contributed by atoms with Crippen LogP contribution in [0.1, 0.15) is 20.8 Å². The second-order valence-electron chi connectivity index (χ2n) is 6.33. The van der Waals surface area contributed by atoms with Gasteiger partial charge in [0.05, 0.1) is 0 Å². The highest BCUT2D eigenvalue weighted by Crippen LogP contribution is 2.16. The number of hydrogen-bond acceptors (Lipinski definition) is 6. The lowest BCUT2D eigenvalue weighted by atomic mass is 10.2. The second-order valence-corrected chi connectivity index (χ2v) is 6.33. The quantitative estimate of drug-likeness (QED) is 0.750. The third-order valence-electron chi connectivity index (χ3n) is 4.52. The highest BCUT2D eigenvalue weighted by molar-refractivity contribution is 6.03. The van der Waals surface area contributed by atoms with E-state index in [9.17, 15) is 9.59 Å². The minimum absolute atomic E-state index is 0.00400. The maximum Gasteiger partial charge on any atom is 0.302 e. The highest BCUT2D eigenvalue weighted by Gasteiger charge is 2.25. The van der Waals surface area contributed by atoms with Gasteiger partial charge in [0.25, 0.3) is 11.8 Å². The first-order chi connectivity index (χ1) is 13.7. The summed E-state index contributed by atoms with van der Waals surface area (Å²) in [6.07, 6.45) is 3.03. The van der Waals surface area contributed by atoms with Crippen LogP contribution in [-0.2, 0) is 0 Å². The maximum atomic E-state index is 12.7. The average Bonchev–Trinajstić information content (AvgIpc) is 3.23. The van der Waals surface area contributed by atoms with Crippen molar-refractivity contribution in [3.05, 3.63) is 72.2 Å². The molecule has 1 aromatic carbocycles. The molecule has 0 spiro atoms. The first-order valence-electron chi connectivity index (χ1n) is 8.98. The fourth-order valence-corrected chi connectivity index (χ4v) is 3.03. The van der Waals surface area contributed by atoms with Gasteiger partial charge in [0, 0.05) is 37.9 Å². The van der Waals surface area contributed by atoms with E-state index >= 15 is 0 Å². The predicted octanol–water partition coefficient (Wildman–Crippen LogP) is 2.28. The monoisotopic (exact) mass is 377 g/mol. The van der Waals surface area contributed by atoms with Crippen LogP contribution in [0.4, 0.5) is 11.8 Å². The lowest BCUT2D eigenvalue weighted by Crippen LogP contribution is -2.49. The summed E-state index contributed by atoms with van der Waals surface area (Å²) in [5, 5.41) is 2.56. The van der Waals surface area contributed by atoms with E-state index in [4.69, 9.17) is 4.42 Å². The van der Waals surface area contributed by atoms with Gasteiger partial charge in [-0.15, -0.1) is 0 Å². The van der Waals surface area contributed by atoms with Gasteiger partial charge >= 0.3 is 6.01 Å². The molecule has 142 valence electrons. The number of pyridine rings is 1. The lowest BCUT2D eigenvalue weighted by molar-refractivity contribution is 0.0740. The van der Waals surface area contributed by atoms with Crippen LogP contribution in [0.3, 0.4) is 0 Å². The number of piperazine rings is 1. The number of aromatic nitrogens is 2. The Bertz CT molecular complexity index is 950. The fraction of sp³-hybridized carbons (Fsp3) is 0.200. The van der Waals surface area contributed by atoms with Gasteiger partial charge in [-0.3, -0.25) is 14.9 Å². The molecule has 2 amide bonds. The smallest absolute Gasteiger partial charge is 0.302 e. The molecular formula is C20H19N5O3. The Morgan fingerprint density at radius 2 is 1.71 bits per heavy atom. The van der Waals surface area contributed by atoms with E-state index < -0.39 is 0 Å². The van der Waals surface area contributed by atoms with Crippen LogP contribution in [0.2, 0.25) is 0 Å². The largest absolute Gasteiger partial charge is 0.431 e. The van der Waals surface area contributed by atoms with Crippen LogP contribution in [-0.4, -0.2) is 52.9 Å². The molecule has 8 nitrogen and oxygen atoms in total. The van der Waals surface area contributed by atoms with E-state index in [-0.39, 0.29) is 23.5 Å². The summed E-state index contributed by atoms with van der Waals surface area (Å²) >= 11 is 0. The van der Waals surface area contributed by atoms with Gasteiger partial charge in [-0.2, -0.15) is 4.98 Å². The van der Waals surface area contributed by atoms with Crippen molar-refractivity contribution in [3.63, 3.8) is 0 Å². The number of nitrogens with one attached hydrogen (secondary N) is 1. The molecule has 0 atom stereocenters. The molecule has 3 aromatic rings. The van der Waals surface area contributed by atoms with Crippen molar-refractivity contribution in [2.75, 3.05) is 36.4 Å². The van der Waals surface area contributed by atoms with Crippen molar-refractivity contribution >= 4 is 23.6 Å². The molecule has 0 saturated carbocycles. The van der Waals surface area contributed by atoms with Gasteiger partial charge in [-0.05, 0) is 24.3 Å². The molecule has 28 heavy (non-hydrogen) atoms. The first-order valence-corrected chi connectivity index (χ1v) is 8.98. The Balaban J connectivity index is 1.35. The van der Waals surface area contributed by atoms with Gasteiger partial charge in [0.15, 0.2) is 5.69 Å². The van der Waals surface area contributed by atoms with Crippen LogP contribution < -0.4 is 10.2 Å². The van der Waals surface area contributed by atoms with E-state index in [1.54, 1.807) is 35.4 Å². The molecule has 1 fully saturated rings. The van der Waals surface area contributed by atoms with Crippen LogP contribution in [0.25, 0.3) is 0 Å². The lowest BCUT2D eigenvalue weighted by Gasteiger charge is -2.35. The minimum atomic E-state index is -0.342. The molecule has 2 aromatic heterocycles. The zero-order valence-electron chi connectivity index (χ0n) is 15.1. The molecular weight excluding hydrogens is 358 g/mol. The van der Waals surface area contributed by atoms with E-state index in [0.29, 0.717) is 31.7 Å². The van der Waals surface area contributed by atoms with Crippen LogP contribution in [0.5, 0.6) is 0 Å². The third kappa shape index (κ3) is 3.85. The zero-order valence-corrected chi connectivity index (χ0v) is 15.1. The number of anilines is 2. The van der Waals surface area contributed by atoms with Crippen molar-refractivity contribution in [1.82, 2.24) is 14.9 Å².